The second-order valence-corrected chi connectivity index (χ2v) is 4.49. The minimum atomic E-state index is -0.542. The summed E-state index contributed by atoms with van der Waals surface area (Å²) in [4.78, 5) is 0. The van der Waals surface area contributed by atoms with Crippen LogP contribution >= 0.6 is 0 Å². The quantitative estimate of drug-likeness (QED) is 0.393. The Balaban J connectivity index is 2.43. The first-order chi connectivity index (χ1) is 6.39. The summed E-state index contributed by atoms with van der Waals surface area (Å²) >= 11 is 0. The van der Waals surface area contributed by atoms with Crippen molar-refractivity contribution in [1.82, 2.24) is 0 Å². The Morgan fingerprint density at radius 2 is 1.71 bits per heavy atom. The lowest BCUT2D eigenvalue weighted by molar-refractivity contribution is 0.00578. The lowest BCUT2D eigenvalue weighted by Crippen LogP contribution is -2.41. The van der Waals surface area contributed by atoms with Gasteiger partial charge >= 0.3 is 7.32 Å². The molecule has 1 rings (SSSR count). The molecule has 0 spiro atoms. The van der Waals surface area contributed by atoms with Crippen LogP contribution < -0.4 is 0 Å². The molecule has 0 aromatic carbocycles. The van der Waals surface area contributed by atoms with Crippen molar-refractivity contribution in [2.75, 3.05) is 6.61 Å². The van der Waals surface area contributed by atoms with Gasteiger partial charge in [0.25, 0.3) is 0 Å². The standard InChI is InChI=1S/C10H19BO3/c1-6-7-8-12-11-13-9(2,3)10(4,5)14-11/h6H,1,7-8H2,2-5H3. The van der Waals surface area contributed by atoms with Crippen LogP contribution in [0.1, 0.15) is 34.1 Å². The highest BCUT2D eigenvalue weighted by molar-refractivity contribution is 6.37. The molecule has 1 heterocycles. The van der Waals surface area contributed by atoms with Gasteiger partial charge in [0.05, 0.1) is 11.2 Å². The van der Waals surface area contributed by atoms with Crippen LogP contribution in [0.3, 0.4) is 0 Å². The van der Waals surface area contributed by atoms with Crippen molar-refractivity contribution >= 4 is 7.32 Å². The fraction of sp³-hybridized carbons (Fsp3) is 0.800. The predicted octanol–water partition coefficient (Wildman–Crippen LogP) is 2.17. The molecule has 0 unspecified atom stereocenters. The van der Waals surface area contributed by atoms with Crippen molar-refractivity contribution < 1.29 is 14.0 Å². The molecule has 0 bridgehead atoms. The van der Waals surface area contributed by atoms with E-state index in [1.807, 2.05) is 33.8 Å². The van der Waals surface area contributed by atoms with Gasteiger partial charge in [-0.2, -0.15) is 0 Å². The van der Waals surface area contributed by atoms with E-state index in [4.69, 9.17) is 14.0 Å². The van der Waals surface area contributed by atoms with E-state index >= 15 is 0 Å². The molecule has 3 nitrogen and oxygen atoms in total. The van der Waals surface area contributed by atoms with Crippen LogP contribution in [-0.4, -0.2) is 25.1 Å². The van der Waals surface area contributed by atoms with Crippen LogP contribution in [0.5, 0.6) is 0 Å². The number of hydrogen-bond donors (Lipinski definition) is 0. The summed E-state index contributed by atoms with van der Waals surface area (Å²) in [5, 5.41) is 0. The molecule has 1 aliphatic rings. The Bertz CT molecular complexity index is 197. The van der Waals surface area contributed by atoms with Gasteiger partial charge in [-0.15, -0.1) is 6.58 Å². The van der Waals surface area contributed by atoms with Crippen molar-refractivity contribution in [3.8, 4) is 0 Å². The molecule has 1 saturated heterocycles. The average molecular weight is 198 g/mol. The van der Waals surface area contributed by atoms with Gasteiger partial charge in [-0.1, -0.05) is 6.08 Å². The summed E-state index contributed by atoms with van der Waals surface area (Å²) in [5.74, 6) is 0. The minimum absolute atomic E-state index is 0.314. The van der Waals surface area contributed by atoms with E-state index in [-0.39, 0.29) is 11.2 Å². The molecule has 1 aliphatic heterocycles. The summed E-state index contributed by atoms with van der Waals surface area (Å²) in [6.45, 7) is 12.2. The maximum absolute atomic E-state index is 5.63. The third-order valence-electron chi connectivity index (χ3n) is 2.81. The van der Waals surface area contributed by atoms with E-state index in [0.29, 0.717) is 6.61 Å². The van der Waals surface area contributed by atoms with E-state index < -0.39 is 7.32 Å². The summed E-state index contributed by atoms with van der Waals surface area (Å²) in [6.07, 6.45) is 2.62. The highest BCUT2D eigenvalue weighted by Crippen LogP contribution is 2.36. The van der Waals surface area contributed by atoms with Crippen molar-refractivity contribution in [2.45, 2.75) is 45.3 Å². The maximum atomic E-state index is 5.63. The van der Waals surface area contributed by atoms with Crippen LogP contribution in [0, 0.1) is 0 Å². The van der Waals surface area contributed by atoms with Gasteiger partial charge in [0.1, 0.15) is 0 Å². The van der Waals surface area contributed by atoms with E-state index in [2.05, 4.69) is 6.58 Å². The Hall–Kier alpha value is -0.315. The predicted molar refractivity (Wildman–Crippen MR) is 56.8 cm³/mol. The average Bonchev–Trinajstić information content (AvgIpc) is 2.21. The van der Waals surface area contributed by atoms with Crippen LogP contribution in [0.2, 0.25) is 0 Å². The molecule has 0 N–H and O–H groups in total. The lowest BCUT2D eigenvalue weighted by Gasteiger charge is -2.31. The summed E-state index contributed by atoms with van der Waals surface area (Å²) < 4.78 is 16.7. The summed E-state index contributed by atoms with van der Waals surface area (Å²) in [5.41, 5.74) is -0.627. The van der Waals surface area contributed by atoms with Gasteiger partial charge in [0, 0.05) is 6.61 Å². The zero-order valence-electron chi connectivity index (χ0n) is 9.50. The Morgan fingerprint density at radius 3 is 2.14 bits per heavy atom. The van der Waals surface area contributed by atoms with Crippen molar-refractivity contribution in [3.63, 3.8) is 0 Å². The first-order valence-electron chi connectivity index (χ1n) is 4.97. The molecule has 0 atom stereocenters. The van der Waals surface area contributed by atoms with Gasteiger partial charge in [-0.3, -0.25) is 0 Å². The van der Waals surface area contributed by atoms with Gasteiger partial charge in [-0.05, 0) is 34.1 Å². The fourth-order valence-electron chi connectivity index (χ4n) is 1.10. The normalized spacial score (nSPS) is 23.9. The second-order valence-electron chi connectivity index (χ2n) is 4.49. The molecule has 0 aliphatic carbocycles. The largest absolute Gasteiger partial charge is 0.640 e. The smallest absolute Gasteiger partial charge is 0.386 e. The van der Waals surface area contributed by atoms with Crippen molar-refractivity contribution in [1.29, 1.82) is 0 Å². The molecule has 0 aromatic heterocycles. The first kappa shape index (κ1) is 11.8. The molecule has 0 aromatic rings. The third kappa shape index (κ3) is 2.38. The second kappa shape index (κ2) is 4.05. The molecule has 0 amide bonds. The Kier molecular flexibility index (Phi) is 3.40. The SMILES string of the molecule is C=CCCOB1OC(C)(C)C(C)(C)O1. The molecule has 4 heteroatoms. The van der Waals surface area contributed by atoms with Gasteiger partial charge in [0.2, 0.25) is 0 Å². The monoisotopic (exact) mass is 198 g/mol. The molecular formula is C10H19BO3. The molecule has 0 saturated carbocycles. The zero-order valence-corrected chi connectivity index (χ0v) is 9.50. The highest BCUT2D eigenvalue weighted by Gasteiger charge is 2.52. The fourth-order valence-corrected chi connectivity index (χ4v) is 1.10. The van der Waals surface area contributed by atoms with Gasteiger partial charge < -0.3 is 14.0 Å². The van der Waals surface area contributed by atoms with Crippen LogP contribution in [0.4, 0.5) is 0 Å². The van der Waals surface area contributed by atoms with E-state index in [1.54, 1.807) is 0 Å². The molecule has 0 radical (unpaired) electrons. The minimum Gasteiger partial charge on any atom is -0.386 e. The zero-order chi connectivity index (χ0) is 10.8. The third-order valence-corrected chi connectivity index (χ3v) is 2.81. The van der Waals surface area contributed by atoms with E-state index in [1.165, 1.54) is 0 Å². The highest BCUT2D eigenvalue weighted by atomic mass is 16.8. The van der Waals surface area contributed by atoms with Crippen molar-refractivity contribution in [2.24, 2.45) is 0 Å². The maximum Gasteiger partial charge on any atom is 0.640 e. The molecule has 14 heavy (non-hydrogen) atoms. The van der Waals surface area contributed by atoms with Gasteiger partial charge in [0.15, 0.2) is 0 Å². The lowest BCUT2D eigenvalue weighted by atomic mass is 9.90. The molecule has 80 valence electrons. The number of rotatable bonds is 4. The topological polar surface area (TPSA) is 27.7 Å². The Labute approximate surface area is 86.6 Å². The van der Waals surface area contributed by atoms with Crippen LogP contribution in [-0.2, 0) is 14.0 Å². The summed E-state index contributed by atoms with van der Waals surface area (Å²) in [7, 11) is -0.542. The molecule has 1 fully saturated rings. The van der Waals surface area contributed by atoms with E-state index in [9.17, 15) is 0 Å². The van der Waals surface area contributed by atoms with Crippen molar-refractivity contribution in [3.05, 3.63) is 12.7 Å². The van der Waals surface area contributed by atoms with E-state index in [0.717, 1.165) is 6.42 Å². The van der Waals surface area contributed by atoms with Gasteiger partial charge in [-0.25, -0.2) is 0 Å². The Morgan fingerprint density at radius 1 is 1.21 bits per heavy atom. The molecular weight excluding hydrogens is 179 g/mol. The van der Waals surface area contributed by atoms with Crippen LogP contribution in [0.15, 0.2) is 12.7 Å². The number of hydrogen-bond acceptors (Lipinski definition) is 3. The summed E-state index contributed by atoms with van der Waals surface area (Å²) in [6, 6.07) is 0. The first-order valence-corrected chi connectivity index (χ1v) is 4.97. The van der Waals surface area contributed by atoms with Crippen LogP contribution in [0.25, 0.3) is 0 Å².